The second kappa shape index (κ2) is 12.4. The van der Waals surface area contributed by atoms with Crippen LogP contribution in [0.2, 0.25) is 0 Å². The van der Waals surface area contributed by atoms with E-state index in [9.17, 15) is 18.8 Å². The van der Waals surface area contributed by atoms with Gasteiger partial charge in [-0.2, -0.15) is 0 Å². The quantitative estimate of drug-likeness (QED) is 0.509. The first-order chi connectivity index (χ1) is 18.2. The molecule has 204 valence electrons. The molecule has 10 heteroatoms. The highest BCUT2D eigenvalue weighted by Crippen LogP contribution is 2.28. The molecule has 9 nitrogen and oxygen atoms in total. The van der Waals surface area contributed by atoms with Crippen molar-refractivity contribution in [1.82, 2.24) is 25.1 Å². The van der Waals surface area contributed by atoms with Crippen LogP contribution in [0, 0.1) is 11.7 Å². The third-order valence-electron chi connectivity index (χ3n) is 6.82. The van der Waals surface area contributed by atoms with Crippen LogP contribution in [-0.4, -0.2) is 83.2 Å². The number of urea groups is 1. The van der Waals surface area contributed by atoms with Gasteiger partial charge < -0.3 is 19.9 Å². The van der Waals surface area contributed by atoms with E-state index in [1.807, 2.05) is 44.2 Å². The zero-order valence-electron chi connectivity index (χ0n) is 22.2. The Morgan fingerprint density at radius 3 is 2.47 bits per heavy atom. The van der Waals surface area contributed by atoms with E-state index < -0.39 is 18.2 Å². The Morgan fingerprint density at radius 1 is 1.08 bits per heavy atom. The van der Waals surface area contributed by atoms with Gasteiger partial charge in [0.2, 0.25) is 11.8 Å². The summed E-state index contributed by atoms with van der Waals surface area (Å²) in [5, 5.41) is 5.98. The summed E-state index contributed by atoms with van der Waals surface area (Å²) in [6.07, 6.45) is -0.151. The highest BCUT2D eigenvalue weighted by Gasteiger charge is 2.50. The van der Waals surface area contributed by atoms with Gasteiger partial charge >= 0.3 is 6.03 Å². The lowest BCUT2D eigenvalue weighted by Gasteiger charge is -2.54. The molecule has 0 spiro atoms. The summed E-state index contributed by atoms with van der Waals surface area (Å²) in [5.74, 6) is -0.477. The van der Waals surface area contributed by atoms with Gasteiger partial charge in [-0.15, -0.1) is 0 Å². The third kappa shape index (κ3) is 6.49. The van der Waals surface area contributed by atoms with E-state index in [0.29, 0.717) is 26.2 Å². The van der Waals surface area contributed by atoms with Gasteiger partial charge in [-0.25, -0.2) is 19.2 Å². The Morgan fingerprint density at radius 2 is 1.79 bits per heavy atom. The zero-order valence-corrected chi connectivity index (χ0v) is 22.2. The summed E-state index contributed by atoms with van der Waals surface area (Å²) >= 11 is 0. The SMILES string of the molecule is CC(C)C[C@H]1C(=O)N(CCOCc2ccccc2)C[C@H]2N1C(=O)CN(C)N2C(=O)NCc1ccc(F)cc1. The lowest BCUT2D eigenvalue weighted by atomic mass is 9.97. The van der Waals surface area contributed by atoms with Crippen molar-refractivity contribution in [2.45, 2.75) is 45.6 Å². The molecule has 0 unspecified atom stereocenters. The largest absolute Gasteiger partial charge is 0.375 e. The van der Waals surface area contributed by atoms with E-state index >= 15 is 0 Å². The second-order valence-corrected chi connectivity index (χ2v) is 10.2. The van der Waals surface area contributed by atoms with Gasteiger partial charge in [-0.3, -0.25) is 9.59 Å². The number of rotatable bonds is 9. The number of nitrogens with zero attached hydrogens (tertiary/aromatic N) is 4. The Bertz CT molecular complexity index is 1110. The fourth-order valence-electron chi connectivity index (χ4n) is 4.98. The number of fused-ring (bicyclic) bond motifs is 1. The van der Waals surface area contributed by atoms with Crippen molar-refractivity contribution >= 4 is 17.8 Å². The van der Waals surface area contributed by atoms with E-state index in [4.69, 9.17) is 4.74 Å². The lowest BCUT2D eigenvalue weighted by molar-refractivity contribution is -0.188. The standard InChI is InChI=1S/C28H36FN5O4/c1-20(2)15-24-27(36)32(13-14-38-19-22-7-5-4-6-8-22)17-25-33(24)26(35)18-31(3)34(25)28(37)30-16-21-9-11-23(29)12-10-21/h4-12,20,24-25H,13-19H2,1-3H3,(H,30,37)/t24-,25-/m0/s1. The molecule has 2 aliphatic rings. The lowest BCUT2D eigenvalue weighted by Crippen LogP contribution is -2.76. The Balaban J connectivity index is 1.48. The van der Waals surface area contributed by atoms with Crippen LogP contribution in [0.15, 0.2) is 54.6 Å². The fourth-order valence-corrected chi connectivity index (χ4v) is 4.98. The summed E-state index contributed by atoms with van der Waals surface area (Å²) in [5.41, 5.74) is 1.80. The smallest absolute Gasteiger partial charge is 0.334 e. The predicted molar refractivity (Wildman–Crippen MR) is 140 cm³/mol. The second-order valence-electron chi connectivity index (χ2n) is 10.2. The van der Waals surface area contributed by atoms with Crippen LogP contribution in [0.3, 0.4) is 0 Å². The average Bonchev–Trinajstić information content (AvgIpc) is 2.88. The van der Waals surface area contributed by atoms with Gasteiger partial charge in [0.05, 0.1) is 26.3 Å². The molecule has 0 aliphatic carbocycles. The van der Waals surface area contributed by atoms with Crippen LogP contribution in [0.1, 0.15) is 31.4 Å². The highest BCUT2D eigenvalue weighted by molar-refractivity contribution is 5.91. The molecular formula is C28H36FN5O4. The monoisotopic (exact) mass is 525 g/mol. The van der Waals surface area contributed by atoms with Gasteiger partial charge in [0, 0.05) is 20.1 Å². The molecule has 4 amide bonds. The summed E-state index contributed by atoms with van der Waals surface area (Å²) in [7, 11) is 1.69. The van der Waals surface area contributed by atoms with Crippen LogP contribution in [0.4, 0.5) is 9.18 Å². The topological polar surface area (TPSA) is 85.4 Å². The molecule has 2 fully saturated rings. The van der Waals surface area contributed by atoms with Crippen molar-refractivity contribution in [2.24, 2.45) is 5.92 Å². The number of amides is 4. The molecule has 1 N–H and O–H groups in total. The number of carbonyl (C=O) groups is 3. The third-order valence-corrected chi connectivity index (χ3v) is 6.82. The zero-order chi connectivity index (χ0) is 27.2. The maximum atomic E-state index is 13.5. The van der Waals surface area contributed by atoms with Crippen molar-refractivity contribution in [3.8, 4) is 0 Å². The molecule has 2 aromatic carbocycles. The number of likely N-dealkylation sites (N-methyl/N-ethyl adjacent to an activating group) is 1. The van der Waals surface area contributed by atoms with E-state index in [1.165, 1.54) is 17.1 Å². The summed E-state index contributed by atoms with van der Waals surface area (Å²) in [6, 6.07) is 14.7. The van der Waals surface area contributed by atoms with Crippen molar-refractivity contribution < 1.29 is 23.5 Å². The van der Waals surface area contributed by atoms with Crippen molar-refractivity contribution in [2.75, 3.05) is 33.3 Å². The molecule has 2 atom stereocenters. The van der Waals surface area contributed by atoms with E-state index in [2.05, 4.69) is 5.32 Å². The van der Waals surface area contributed by atoms with E-state index in [1.54, 1.807) is 34.0 Å². The predicted octanol–water partition coefficient (Wildman–Crippen LogP) is 2.83. The number of piperazine rings is 1. The normalized spacial score (nSPS) is 20.2. The molecule has 0 radical (unpaired) electrons. The first-order valence-corrected chi connectivity index (χ1v) is 13.0. The Hall–Kier alpha value is -3.50. The maximum absolute atomic E-state index is 13.5. The van der Waals surface area contributed by atoms with Crippen LogP contribution >= 0.6 is 0 Å². The number of carbonyl (C=O) groups excluding carboxylic acids is 3. The molecular weight excluding hydrogens is 489 g/mol. The number of ether oxygens (including phenoxy) is 1. The molecule has 38 heavy (non-hydrogen) atoms. The van der Waals surface area contributed by atoms with Gasteiger partial charge in [0.25, 0.3) is 0 Å². The molecule has 2 heterocycles. The maximum Gasteiger partial charge on any atom is 0.334 e. The van der Waals surface area contributed by atoms with E-state index in [0.717, 1.165) is 11.1 Å². The molecule has 2 saturated heterocycles. The minimum absolute atomic E-state index is 0.0114. The molecule has 4 rings (SSSR count). The summed E-state index contributed by atoms with van der Waals surface area (Å²) in [4.78, 5) is 43.4. The Kier molecular flexibility index (Phi) is 8.96. The van der Waals surface area contributed by atoms with Crippen molar-refractivity contribution in [3.05, 3.63) is 71.5 Å². The minimum atomic E-state index is -0.656. The molecule has 0 aromatic heterocycles. The van der Waals surface area contributed by atoms with Gasteiger partial charge in [-0.1, -0.05) is 56.3 Å². The number of halogens is 1. The highest BCUT2D eigenvalue weighted by atomic mass is 19.1. The number of hydrogen-bond acceptors (Lipinski definition) is 5. The summed E-state index contributed by atoms with van der Waals surface area (Å²) in [6.45, 7) is 5.53. The first-order valence-electron chi connectivity index (χ1n) is 13.0. The molecule has 0 saturated carbocycles. The molecule has 2 aromatic rings. The average molecular weight is 526 g/mol. The number of hydrogen-bond donors (Lipinski definition) is 1. The van der Waals surface area contributed by atoms with Crippen molar-refractivity contribution in [3.63, 3.8) is 0 Å². The van der Waals surface area contributed by atoms with Crippen molar-refractivity contribution in [1.29, 1.82) is 0 Å². The summed E-state index contributed by atoms with van der Waals surface area (Å²) < 4.78 is 19.1. The number of hydrazine groups is 1. The van der Waals surface area contributed by atoms with Gasteiger partial charge in [0.15, 0.2) is 0 Å². The van der Waals surface area contributed by atoms with Crippen LogP contribution in [0.25, 0.3) is 0 Å². The number of benzene rings is 2. The fraction of sp³-hybridized carbons (Fsp3) is 0.464. The number of nitrogens with one attached hydrogen (secondary N) is 1. The van der Waals surface area contributed by atoms with E-state index in [-0.39, 0.29) is 43.2 Å². The van der Waals surface area contributed by atoms with Crippen LogP contribution in [0.5, 0.6) is 0 Å². The minimum Gasteiger partial charge on any atom is -0.375 e. The van der Waals surface area contributed by atoms with Gasteiger partial charge in [-0.05, 0) is 35.6 Å². The Labute approximate surface area is 223 Å². The molecule has 0 bridgehead atoms. The molecule has 2 aliphatic heterocycles. The van der Waals surface area contributed by atoms with Crippen LogP contribution < -0.4 is 5.32 Å². The van der Waals surface area contributed by atoms with Gasteiger partial charge in [0.1, 0.15) is 18.0 Å². The van der Waals surface area contributed by atoms with Crippen LogP contribution in [-0.2, 0) is 27.5 Å². The first kappa shape index (κ1) is 27.5.